The molecular formula is C25H22N4O2. The Labute approximate surface area is 180 Å². The summed E-state index contributed by atoms with van der Waals surface area (Å²) in [6.07, 6.45) is 1.48. The SMILES string of the molecule is CNC(=O)c1cnc(Nc2ccccc2C)c(NC(=O)c2cccc3ccccc23)c1. The average Bonchev–Trinajstić information content (AvgIpc) is 2.80. The van der Waals surface area contributed by atoms with Crippen molar-refractivity contribution >= 4 is 39.8 Å². The number of hydrogen-bond donors (Lipinski definition) is 3. The Bertz CT molecular complexity index is 1280. The third kappa shape index (κ3) is 4.23. The number of nitrogens with zero attached hydrogens (tertiary/aromatic N) is 1. The fraction of sp³-hybridized carbons (Fsp3) is 0.0800. The highest BCUT2D eigenvalue weighted by Gasteiger charge is 2.16. The standard InChI is InChI=1S/C25H22N4O2/c1-16-8-3-6-13-21(16)28-23-22(14-18(15-27-23)24(30)26-2)29-25(31)20-12-7-10-17-9-4-5-11-19(17)20/h3-15H,1-2H3,(H,26,30)(H,27,28)(H,29,31). The largest absolute Gasteiger partial charge is 0.355 e. The average molecular weight is 410 g/mol. The van der Waals surface area contributed by atoms with Gasteiger partial charge in [0.15, 0.2) is 5.82 Å². The number of aryl methyl sites for hydroxylation is 1. The van der Waals surface area contributed by atoms with Crippen LogP contribution in [0.1, 0.15) is 26.3 Å². The maximum Gasteiger partial charge on any atom is 0.256 e. The first-order chi connectivity index (χ1) is 15.1. The molecule has 4 aromatic rings. The van der Waals surface area contributed by atoms with E-state index in [0.717, 1.165) is 22.0 Å². The van der Waals surface area contributed by atoms with Gasteiger partial charge in [-0.15, -0.1) is 0 Å². The van der Waals surface area contributed by atoms with Crippen LogP contribution in [0.25, 0.3) is 10.8 Å². The van der Waals surface area contributed by atoms with Crippen molar-refractivity contribution in [2.24, 2.45) is 0 Å². The van der Waals surface area contributed by atoms with Crippen LogP contribution in [-0.2, 0) is 0 Å². The van der Waals surface area contributed by atoms with Crippen molar-refractivity contribution in [2.45, 2.75) is 6.92 Å². The Morgan fingerprint density at radius 2 is 1.58 bits per heavy atom. The van der Waals surface area contributed by atoms with Crippen LogP contribution < -0.4 is 16.0 Å². The maximum absolute atomic E-state index is 13.2. The van der Waals surface area contributed by atoms with E-state index in [1.54, 1.807) is 19.2 Å². The molecule has 0 aliphatic carbocycles. The third-order valence-corrected chi connectivity index (χ3v) is 5.06. The van der Waals surface area contributed by atoms with Crippen molar-refractivity contribution < 1.29 is 9.59 Å². The predicted molar refractivity (Wildman–Crippen MR) is 124 cm³/mol. The molecule has 4 rings (SSSR count). The molecule has 0 radical (unpaired) electrons. The van der Waals surface area contributed by atoms with Crippen molar-refractivity contribution in [3.05, 3.63) is 95.7 Å². The zero-order chi connectivity index (χ0) is 21.8. The molecule has 6 nitrogen and oxygen atoms in total. The molecule has 2 amide bonds. The van der Waals surface area contributed by atoms with E-state index in [4.69, 9.17) is 0 Å². The normalized spacial score (nSPS) is 10.5. The highest BCUT2D eigenvalue weighted by molar-refractivity contribution is 6.14. The number of hydrogen-bond acceptors (Lipinski definition) is 4. The number of pyridine rings is 1. The molecule has 0 saturated carbocycles. The predicted octanol–water partition coefficient (Wildman–Crippen LogP) is 4.90. The number of carbonyl (C=O) groups is 2. The summed E-state index contributed by atoms with van der Waals surface area (Å²) in [7, 11) is 1.55. The smallest absolute Gasteiger partial charge is 0.256 e. The van der Waals surface area contributed by atoms with Gasteiger partial charge in [-0.3, -0.25) is 9.59 Å². The molecule has 0 unspecified atom stereocenters. The Kier molecular flexibility index (Phi) is 5.62. The number of fused-ring (bicyclic) bond motifs is 1. The van der Waals surface area contributed by atoms with Gasteiger partial charge < -0.3 is 16.0 Å². The van der Waals surface area contributed by atoms with Crippen molar-refractivity contribution in [2.75, 3.05) is 17.7 Å². The van der Waals surface area contributed by atoms with Gasteiger partial charge in [-0.05, 0) is 41.5 Å². The molecule has 3 aromatic carbocycles. The molecule has 0 bridgehead atoms. The van der Waals surface area contributed by atoms with E-state index in [1.165, 1.54) is 6.20 Å². The molecule has 0 saturated heterocycles. The monoisotopic (exact) mass is 410 g/mol. The second-order valence-corrected chi connectivity index (χ2v) is 7.12. The van der Waals surface area contributed by atoms with Crippen LogP contribution in [0.3, 0.4) is 0 Å². The van der Waals surface area contributed by atoms with Crippen LogP contribution in [-0.4, -0.2) is 23.8 Å². The number of para-hydroxylation sites is 1. The van der Waals surface area contributed by atoms with Gasteiger partial charge in [0.2, 0.25) is 0 Å². The summed E-state index contributed by atoms with van der Waals surface area (Å²) in [5.41, 5.74) is 3.22. The number of anilines is 3. The van der Waals surface area contributed by atoms with Gasteiger partial charge >= 0.3 is 0 Å². The summed E-state index contributed by atoms with van der Waals surface area (Å²) in [6, 6.07) is 22.7. The lowest BCUT2D eigenvalue weighted by molar-refractivity contribution is 0.0961. The van der Waals surface area contributed by atoms with E-state index >= 15 is 0 Å². The van der Waals surface area contributed by atoms with Crippen molar-refractivity contribution in [1.82, 2.24) is 10.3 Å². The molecule has 1 heterocycles. The Morgan fingerprint density at radius 1 is 0.839 bits per heavy atom. The van der Waals surface area contributed by atoms with Crippen molar-refractivity contribution in [3.8, 4) is 0 Å². The minimum Gasteiger partial charge on any atom is -0.355 e. The maximum atomic E-state index is 13.2. The summed E-state index contributed by atoms with van der Waals surface area (Å²) in [5, 5.41) is 10.6. The lowest BCUT2D eigenvalue weighted by Gasteiger charge is -2.15. The van der Waals surface area contributed by atoms with E-state index in [0.29, 0.717) is 22.6 Å². The summed E-state index contributed by atoms with van der Waals surface area (Å²) in [6.45, 7) is 1.98. The van der Waals surface area contributed by atoms with Gasteiger partial charge in [-0.2, -0.15) is 0 Å². The van der Waals surface area contributed by atoms with Crippen LogP contribution in [0.4, 0.5) is 17.2 Å². The number of carbonyl (C=O) groups excluding carboxylic acids is 2. The van der Waals surface area contributed by atoms with Crippen LogP contribution in [0.2, 0.25) is 0 Å². The number of nitrogens with one attached hydrogen (secondary N) is 3. The number of rotatable bonds is 5. The van der Waals surface area contributed by atoms with Crippen molar-refractivity contribution in [3.63, 3.8) is 0 Å². The number of aromatic nitrogens is 1. The first-order valence-corrected chi connectivity index (χ1v) is 9.90. The summed E-state index contributed by atoms with van der Waals surface area (Å²) in [5.74, 6) is -0.105. The fourth-order valence-corrected chi connectivity index (χ4v) is 3.38. The molecule has 0 aliphatic rings. The molecule has 3 N–H and O–H groups in total. The lowest BCUT2D eigenvalue weighted by Crippen LogP contribution is -2.20. The molecule has 0 atom stereocenters. The first kappa shape index (κ1) is 20.1. The minimum absolute atomic E-state index is 0.277. The quantitative estimate of drug-likeness (QED) is 0.437. The first-order valence-electron chi connectivity index (χ1n) is 9.90. The summed E-state index contributed by atoms with van der Waals surface area (Å²) < 4.78 is 0. The van der Waals surface area contributed by atoms with Crippen LogP contribution in [0, 0.1) is 6.92 Å². The Hall–Kier alpha value is -4.19. The molecule has 154 valence electrons. The van der Waals surface area contributed by atoms with E-state index in [2.05, 4.69) is 20.9 Å². The molecule has 1 aromatic heterocycles. The van der Waals surface area contributed by atoms with Crippen LogP contribution in [0.5, 0.6) is 0 Å². The Balaban J connectivity index is 1.73. The second-order valence-electron chi connectivity index (χ2n) is 7.12. The van der Waals surface area contributed by atoms with E-state index < -0.39 is 0 Å². The van der Waals surface area contributed by atoms with Crippen molar-refractivity contribution in [1.29, 1.82) is 0 Å². The topological polar surface area (TPSA) is 83.1 Å². The van der Waals surface area contributed by atoms with E-state index in [-0.39, 0.29) is 11.8 Å². The van der Waals surface area contributed by atoms with Gasteiger partial charge in [0, 0.05) is 24.5 Å². The molecule has 0 spiro atoms. The molecular weight excluding hydrogens is 388 g/mol. The fourth-order valence-electron chi connectivity index (χ4n) is 3.38. The summed E-state index contributed by atoms with van der Waals surface area (Å²) >= 11 is 0. The van der Waals surface area contributed by atoms with Gasteiger partial charge in [0.1, 0.15) is 0 Å². The van der Waals surface area contributed by atoms with Gasteiger partial charge in [0.05, 0.1) is 11.3 Å². The van der Waals surface area contributed by atoms with Gasteiger partial charge in [-0.1, -0.05) is 54.6 Å². The molecule has 0 aliphatic heterocycles. The van der Waals surface area contributed by atoms with Crippen LogP contribution >= 0.6 is 0 Å². The van der Waals surface area contributed by atoms with Gasteiger partial charge in [-0.25, -0.2) is 4.98 Å². The summed E-state index contributed by atoms with van der Waals surface area (Å²) in [4.78, 5) is 29.7. The molecule has 0 fully saturated rings. The molecule has 31 heavy (non-hydrogen) atoms. The second kappa shape index (κ2) is 8.67. The van der Waals surface area contributed by atoms with Crippen LogP contribution in [0.15, 0.2) is 79.0 Å². The highest BCUT2D eigenvalue weighted by Crippen LogP contribution is 2.27. The minimum atomic E-state index is -0.282. The van der Waals surface area contributed by atoms with Gasteiger partial charge in [0.25, 0.3) is 11.8 Å². The number of benzene rings is 3. The van der Waals surface area contributed by atoms with E-state index in [9.17, 15) is 9.59 Å². The zero-order valence-electron chi connectivity index (χ0n) is 17.3. The Morgan fingerprint density at radius 3 is 2.39 bits per heavy atom. The van der Waals surface area contributed by atoms with E-state index in [1.807, 2.05) is 67.6 Å². The number of amides is 2. The third-order valence-electron chi connectivity index (χ3n) is 5.06. The molecule has 6 heteroatoms. The lowest BCUT2D eigenvalue weighted by atomic mass is 10.0. The highest BCUT2D eigenvalue weighted by atomic mass is 16.2. The zero-order valence-corrected chi connectivity index (χ0v) is 17.3.